The number of halogens is 2. The minimum atomic E-state index is -1.89. The van der Waals surface area contributed by atoms with E-state index in [4.69, 9.17) is 0 Å². The van der Waals surface area contributed by atoms with Gasteiger partial charge in [-0.3, -0.25) is 23.5 Å². The van der Waals surface area contributed by atoms with Crippen LogP contribution in [0.2, 0.25) is 0 Å². The maximum absolute atomic E-state index is 13.9. The smallest absolute Gasteiger partial charge is 0.243 e. The normalized spacial score (nSPS) is 15.4. The Balaban J connectivity index is 1.67. The van der Waals surface area contributed by atoms with Gasteiger partial charge in [0.25, 0.3) is 0 Å². The Kier molecular flexibility index (Phi) is 8.86. The minimum absolute atomic E-state index is 0.0312. The predicted molar refractivity (Wildman–Crippen MR) is 127 cm³/mol. The van der Waals surface area contributed by atoms with Gasteiger partial charge in [0.05, 0.1) is 0 Å². The number of rotatable bonds is 9. The largest absolute Gasteiger partial charge is 0.352 e. The van der Waals surface area contributed by atoms with E-state index >= 15 is 0 Å². The van der Waals surface area contributed by atoms with Crippen LogP contribution < -0.4 is 15.5 Å². The summed E-state index contributed by atoms with van der Waals surface area (Å²) in [5, 5.41) is 5.41. The van der Waals surface area contributed by atoms with Gasteiger partial charge in [0.1, 0.15) is 29.2 Å². The van der Waals surface area contributed by atoms with Crippen LogP contribution in [0.15, 0.2) is 48.5 Å². The van der Waals surface area contributed by atoms with Gasteiger partial charge in [-0.15, -0.1) is 0 Å². The van der Waals surface area contributed by atoms with Gasteiger partial charge in [-0.2, -0.15) is 0 Å². The second kappa shape index (κ2) is 11.8. The molecule has 3 rings (SSSR count). The SMILES string of the molecule is C[C@H](C(=O)NC1CCCC1)N(C(=O)C[S@](=O)CC(=O)Nc1ccc(F)cc1)c1cccc(F)c1. The van der Waals surface area contributed by atoms with Gasteiger partial charge in [0, 0.05) is 28.2 Å². The van der Waals surface area contributed by atoms with Crippen molar-refractivity contribution in [1.29, 1.82) is 0 Å². The van der Waals surface area contributed by atoms with Crippen molar-refractivity contribution >= 4 is 39.9 Å². The van der Waals surface area contributed by atoms with Crippen molar-refractivity contribution < 1.29 is 27.4 Å². The molecule has 10 heteroatoms. The van der Waals surface area contributed by atoms with Crippen molar-refractivity contribution in [3.63, 3.8) is 0 Å². The average Bonchev–Trinajstić information content (AvgIpc) is 3.28. The number of hydrogen-bond acceptors (Lipinski definition) is 4. The average molecular weight is 492 g/mol. The number of nitrogens with zero attached hydrogens (tertiary/aromatic N) is 1. The van der Waals surface area contributed by atoms with E-state index in [1.165, 1.54) is 49.4 Å². The lowest BCUT2D eigenvalue weighted by molar-refractivity contribution is -0.125. The summed E-state index contributed by atoms with van der Waals surface area (Å²) in [4.78, 5) is 39.2. The minimum Gasteiger partial charge on any atom is -0.352 e. The number of nitrogens with one attached hydrogen (secondary N) is 2. The van der Waals surface area contributed by atoms with Crippen LogP contribution in [-0.2, 0) is 25.2 Å². The standard InChI is InChI=1S/C24H27F2N3O4S/c1-16(24(32)28-19-6-2-3-7-19)29(21-8-4-5-18(26)13-21)23(31)15-34(33)14-22(30)27-20-11-9-17(25)10-12-20/h4-5,8-13,16,19H,2-3,6-7,14-15H2,1H3,(H,27,30)(H,28,32)/t16-,34-/m1/s1. The Bertz CT molecular complexity index is 1060. The van der Waals surface area contributed by atoms with Crippen LogP contribution in [-0.4, -0.2) is 45.5 Å². The molecular formula is C24H27F2N3O4S. The predicted octanol–water partition coefficient (Wildman–Crippen LogP) is 3.13. The van der Waals surface area contributed by atoms with Crippen LogP contribution in [0, 0.1) is 11.6 Å². The first-order valence-electron chi connectivity index (χ1n) is 11.0. The molecule has 0 aromatic heterocycles. The third-order valence-corrected chi connectivity index (χ3v) is 6.68. The highest BCUT2D eigenvalue weighted by Gasteiger charge is 2.30. The highest BCUT2D eigenvalue weighted by atomic mass is 32.2. The molecule has 2 atom stereocenters. The van der Waals surface area contributed by atoms with E-state index in [2.05, 4.69) is 10.6 Å². The van der Waals surface area contributed by atoms with Gasteiger partial charge in [0.2, 0.25) is 17.7 Å². The van der Waals surface area contributed by atoms with Gasteiger partial charge in [-0.1, -0.05) is 18.9 Å². The first kappa shape index (κ1) is 25.5. The fraction of sp³-hybridized carbons (Fsp3) is 0.375. The highest BCUT2D eigenvalue weighted by Crippen LogP contribution is 2.21. The lowest BCUT2D eigenvalue weighted by Crippen LogP contribution is -2.51. The molecule has 0 bridgehead atoms. The Morgan fingerprint density at radius 3 is 2.35 bits per heavy atom. The molecule has 1 fully saturated rings. The van der Waals surface area contributed by atoms with Gasteiger partial charge < -0.3 is 10.6 Å². The molecule has 0 spiro atoms. The van der Waals surface area contributed by atoms with Gasteiger partial charge in [-0.05, 0) is 62.2 Å². The maximum Gasteiger partial charge on any atom is 0.243 e. The molecule has 2 aromatic carbocycles. The Morgan fingerprint density at radius 2 is 1.71 bits per heavy atom. The van der Waals surface area contributed by atoms with E-state index in [-0.39, 0.29) is 17.6 Å². The number of anilines is 2. The first-order chi connectivity index (χ1) is 16.2. The number of carbonyl (C=O) groups is 3. The summed E-state index contributed by atoms with van der Waals surface area (Å²) < 4.78 is 39.4. The molecule has 1 saturated carbocycles. The summed E-state index contributed by atoms with van der Waals surface area (Å²) in [6.45, 7) is 1.53. The lowest BCUT2D eigenvalue weighted by Gasteiger charge is -2.29. The number of carbonyl (C=O) groups excluding carboxylic acids is 3. The summed E-state index contributed by atoms with van der Waals surface area (Å²) in [5.74, 6) is -3.72. The molecule has 2 aromatic rings. The topological polar surface area (TPSA) is 95.6 Å². The van der Waals surface area contributed by atoms with Crippen molar-refractivity contribution in [3.8, 4) is 0 Å². The Morgan fingerprint density at radius 1 is 1.03 bits per heavy atom. The summed E-state index contributed by atoms with van der Waals surface area (Å²) in [6, 6.07) is 9.37. The zero-order valence-corrected chi connectivity index (χ0v) is 19.6. The fourth-order valence-electron chi connectivity index (χ4n) is 3.85. The van der Waals surface area contributed by atoms with Crippen molar-refractivity contribution in [3.05, 3.63) is 60.2 Å². The Labute approximate surface area is 199 Å². The van der Waals surface area contributed by atoms with Crippen LogP contribution in [0.4, 0.5) is 20.2 Å². The maximum atomic E-state index is 13.9. The highest BCUT2D eigenvalue weighted by molar-refractivity contribution is 7.86. The van der Waals surface area contributed by atoms with Crippen LogP contribution >= 0.6 is 0 Å². The Hall–Kier alpha value is -3.14. The molecule has 2 N–H and O–H groups in total. The molecule has 1 aliphatic rings. The molecule has 3 amide bonds. The van der Waals surface area contributed by atoms with Crippen LogP contribution in [0.5, 0.6) is 0 Å². The molecule has 0 radical (unpaired) electrons. The number of hydrogen-bond donors (Lipinski definition) is 2. The molecule has 7 nitrogen and oxygen atoms in total. The third-order valence-electron chi connectivity index (χ3n) is 5.53. The molecule has 182 valence electrons. The van der Waals surface area contributed by atoms with Crippen molar-refractivity contribution in [1.82, 2.24) is 5.32 Å². The lowest BCUT2D eigenvalue weighted by atomic mass is 10.1. The quantitative estimate of drug-likeness (QED) is 0.564. The molecule has 1 aliphatic carbocycles. The summed E-state index contributed by atoms with van der Waals surface area (Å²) in [6.07, 6.45) is 3.76. The van der Waals surface area contributed by atoms with Gasteiger partial charge in [-0.25, -0.2) is 8.78 Å². The van der Waals surface area contributed by atoms with Crippen LogP contribution in [0.25, 0.3) is 0 Å². The zero-order valence-electron chi connectivity index (χ0n) is 18.8. The van der Waals surface area contributed by atoms with Gasteiger partial charge >= 0.3 is 0 Å². The van der Waals surface area contributed by atoms with Crippen LogP contribution in [0.1, 0.15) is 32.6 Å². The van der Waals surface area contributed by atoms with E-state index in [1.54, 1.807) is 0 Å². The van der Waals surface area contributed by atoms with Crippen LogP contribution in [0.3, 0.4) is 0 Å². The summed E-state index contributed by atoms with van der Waals surface area (Å²) >= 11 is 0. The fourth-order valence-corrected chi connectivity index (χ4v) is 4.73. The molecule has 0 saturated heterocycles. The second-order valence-electron chi connectivity index (χ2n) is 8.19. The van der Waals surface area contributed by atoms with E-state index in [1.807, 2.05) is 0 Å². The number of benzene rings is 2. The van der Waals surface area contributed by atoms with E-state index < -0.39 is 51.8 Å². The van der Waals surface area contributed by atoms with Crippen molar-refractivity contribution in [2.45, 2.75) is 44.7 Å². The van der Waals surface area contributed by atoms with E-state index in [9.17, 15) is 27.4 Å². The summed E-state index contributed by atoms with van der Waals surface area (Å²) in [5.41, 5.74) is 0.486. The molecular weight excluding hydrogens is 464 g/mol. The third kappa shape index (κ3) is 7.18. The second-order valence-corrected chi connectivity index (χ2v) is 9.65. The molecule has 34 heavy (non-hydrogen) atoms. The molecule has 0 unspecified atom stereocenters. The van der Waals surface area contributed by atoms with Gasteiger partial charge in [0.15, 0.2) is 0 Å². The van der Waals surface area contributed by atoms with Crippen molar-refractivity contribution in [2.24, 2.45) is 0 Å². The van der Waals surface area contributed by atoms with Crippen molar-refractivity contribution in [2.75, 3.05) is 21.7 Å². The molecule has 0 aliphatic heterocycles. The van der Waals surface area contributed by atoms with E-state index in [0.29, 0.717) is 5.69 Å². The monoisotopic (exact) mass is 491 g/mol. The zero-order chi connectivity index (χ0) is 24.7. The van der Waals surface area contributed by atoms with E-state index in [0.717, 1.165) is 36.6 Å². The first-order valence-corrected chi connectivity index (χ1v) is 12.5. The summed E-state index contributed by atoms with van der Waals surface area (Å²) in [7, 11) is -1.89. The number of amides is 3. The molecule has 0 heterocycles.